The lowest BCUT2D eigenvalue weighted by Gasteiger charge is -2.18. The van der Waals surface area contributed by atoms with Gasteiger partial charge in [0, 0.05) is 10.9 Å². The van der Waals surface area contributed by atoms with E-state index in [0.717, 1.165) is 22.7 Å². The SMILES string of the molecule is CCc1csc(C(Cc2[c]cc(NS(=O)(=O)O)cc2)NC(=O)Cc2cccc(OC)c2OC)n1. The fourth-order valence-electron chi connectivity index (χ4n) is 3.37. The Hall–Kier alpha value is -3.15. The molecule has 0 aliphatic rings. The molecule has 0 spiro atoms. The monoisotopic (exact) mass is 504 g/mol. The summed E-state index contributed by atoms with van der Waals surface area (Å²) in [6, 6.07) is 12.6. The number of benzene rings is 2. The lowest BCUT2D eigenvalue weighted by molar-refractivity contribution is -0.121. The predicted octanol–water partition coefficient (Wildman–Crippen LogP) is 3.38. The van der Waals surface area contributed by atoms with Gasteiger partial charge in [-0.2, -0.15) is 8.42 Å². The Bertz CT molecular complexity index is 1230. The smallest absolute Gasteiger partial charge is 0.357 e. The van der Waals surface area contributed by atoms with Gasteiger partial charge in [-0.15, -0.1) is 11.3 Å². The van der Waals surface area contributed by atoms with Crippen LogP contribution >= 0.6 is 11.3 Å². The van der Waals surface area contributed by atoms with Gasteiger partial charge in [-0.3, -0.25) is 14.1 Å². The van der Waals surface area contributed by atoms with Crippen LogP contribution in [0.5, 0.6) is 11.5 Å². The molecule has 34 heavy (non-hydrogen) atoms. The van der Waals surface area contributed by atoms with Crippen molar-refractivity contribution in [2.45, 2.75) is 32.2 Å². The molecule has 1 aromatic heterocycles. The summed E-state index contributed by atoms with van der Waals surface area (Å²) in [4.78, 5) is 17.6. The number of nitrogens with zero attached hydrogens (tertiary/aromatic N) is 1. The van der Waals surface area contributed by atoms with Crippen LogP contribution < -0.4 is 19.5 Å². The number of hydrogen-bond donors (Lipinski definition) is 3. The van der Waals surface area contributed by atoms with Crippen molar-refractivity contribution in [1.29, 1.82) is 0 Å². The molecule has 3 rings (SSSR count). The molecule has 0 fully saturated rings. The Labute approximate surface area is 203 Å². The zero-order valence-electron chi connectivity index (χ0n) is 19.0. The lowest BCUT2D eigenvalue weighted by Crippen LogP contribution is -2.31. The van der Waals surface area contributed by atoms with Crippen LogP contribution in [-0.2, 0) is 34.4 Å². The molecule has 2 aromatic carbocycles. The van der Waals surface area contributed by atoms with E-state index in [9.17, 15) is 13.2 Å². The molecule has 0 bridgehead atoms. The number of rotatable bonds is 11. The van der Waals surface area contributed by atoms with Crippen LogP contribution in [0.2, 0.25) is 0 Å². The molecule has 0 aliphatic carbocycles. The Balaban J connectivity index is 1.79. The minimum Gasteiger partial charge on any atom is -0.493 e. The molecule has 1 radical (unpaired) electrons. The van der Waals surface area contributed by atoms with Crippen molar-refractivity contribution in [2.75, 3.05) is 18.9 Å². The van der Waals surface area contributed by atoms with E-state index < -0.39 is 16.3 Å². The molecule has 9 nitrogen and oxygen atoms in total. The van der Waals surface area contributed by atoms with E-state index in [0.29, 0.717) is 23.5 Å². The third-order valence-corrected chi connectivity index (χ3v) is 6.45. The zero-order chi connectivity index (χ0) is 24.7. The molecule has 11 heteroatoms. The van der Waals surface area contributed by atoms with Gasteiger partial charge in [0.05, 0.1) is 38.1 Å². The maximum atomic E-state index is 13.0. The molecule has 3 N–H and O–H groups in total. The second-order valence-electron chi connectivity index (χ2n) is 7.36. The Morgan fingerprint density at radius 2 is 2.03 bits per heavy atom. The summed E-state index contributed by atoms with van der Waals surface area (Å²) in [5.41, 5.74) is 2.54. The van der Waals surface area contributed by atoms with E-state index in [-0.39, 0.29) is 18.0 Å². The average Bonchev–Trinajstić information content (AvgIpc) is 3.28. The number of anilines is 1. The van der Waals surface area contributed by atoms with Crippen molar-refractivity contribution in [1.82, 2.24) is 10.3 Å². The molecular weight excluding hydrogens is 478 g/mol. The van der Waals surface area contributed by atoms with Gasteiger partial charge in [-0.05, 0) is 42.7 Å². The first-order valence-electron chi connectivity index (χ1n) is 10.4. The van der Waals surface area contributed by atoms with Crippen molar-refractivity contribution < 1.29 is 27.2 Å². The molecular formula is C23H26N3O6S2. The molecule has 1 amide bonds. The van der Waals surface area contributed by atoms with Gasteiger partial charge < -0.3 is 14.8 Å². The molecule has 0 saturated heterocycles. The molecule has 1 atom stereocenters. The summed E-state index contributed by atoms with van der Waals surface area (Å²) < 4.78 is 43.6. The molecule has 3 aromatic rings. The fourth-order valence-corrected chi connectivity index (χ4v) is 4.75. The first-order valence-corrected chi connectivity index (χ1v) is 12.7. The second kappa shape index (κ2) is 11.3. The van der Waals surface area contributed by atoms with Gasteiger partial charge in [-0.1, -0.05) is 25.1 Å². The van der Waals surface area contributed by atoms with Crippen molar-refractivity contribution >= 4 is 33.2 Å². The number of amides is 1. The van der Waals surface area contributed by atoms with E-state index in [2.05, 4.69) is 16.4 Å². The summed E-state index contributed by atoms with van der Waals surface area (Å²) in [5.74, 6) is 0.842. The second-order valence-corrected chi connectivity index (χ2v) is 9.41. The standard InChI is InChI=1S/C23H26N3O6S2/c1-4-17-14-33-23(24-17)19(12-15-8-10-18(11-9-15)26-34(28,29)30)25-21(27)13-16-6-5-7-20(31-2)22(16)32-3/h5-8,10-11,14,19,26H,4,12-13H2,1-3H3,(H,25,27)(H,28,29,30). The van der Waals surface area contributed by atoms with E-state index in [4.69, 9.17) is 14.0 Å². The van der Waals surface area contributed by atoms with Gasteiger partial charge in [0.15, 0.2) is 11.5 Å². The van der Waals surface area contributed by atoms with Crippen molar-refractivity contribution in [2.24, 2.45) is 0 Å². The minimum atomic E-state index is -4.37. The number of carbonyl (C=O) groups is 1. The van der Waals surface area contributed by atoms with Gasteiger partial charge in [-0.25, -0.2) is 4.98 Å². The first kappa shape index (κ1) is 25.5. The maximum Gasteiger partial charge on any atom is 0.357 e. The highest BCUT2D eigenvalue weighted by Crippen LogP contribution is 2.31. The Kier molecular flexibility index (Phi) is 8.48. The van der Waals surface area contributed by atoms with Crippen LogP contribution in [0.25, 0.3) is 0 Å². The fraction of sp³-hybridized carbons (Fsp3) is 0.304. The van der Waals surface area contributed by atoms with Crippen LogP contribution in [0.3, 0.4) is 0 Å². The van der Waals surface area contributed by atoms with Crippen LogP contribution in [0.15, 0.2) is 41.8 Å². The minimum absolute atomic E-state index is 0.0871. The van der Waals surface area contributed by atoms with Crippen LogP contribution in [0.1, 0.15) is 34.8 Å². The number of ether oxygens (including phenoxy) is 2. The highest BCUT2D eigenvalue weighted by Gasteiger charge is 2.21. The van der Waals surface area contributed by atoms with E-state index >= 15 is 0 Å². The van der Waals surface area contributed by atoms with Crippen LogP contribution in [-0.4, -0.2) is 38.1 Å². The average molecular weight is 505 g/mol. The number of para-hydroxylation sites is 1. The van der Waals surface area contributed by atoms with E-state index in [1.165, 1.54) is 30.6 Å². The van der Waals surface area contributed by atoms with E-state index in [1.54, 1.807) is 25.3 Å². The molecule has 1 heterocycles. The van der Waals surface area contributed by atoms with Crippen molar-refractivity contribution in [3.63, 3.8) is 0 Å². The number of aryl methyl sites for hydroxylation is 1. The highest BCUT2D eigenvalue weighted by molar-refractivity contribution is 7.87. The topological polar surface area (TPSA) is 127 Å². The van der Waals surface area contributed by atoms with E-state index in [1.807, 2.05) is 23.1 Å². The third kappa shape index (κ3) is 6.92. The lowest BCUT2D eigenvalue weighted by atomic mass is 10.0. The van der Waals surface area contributed by atoms with Gasteiger partial charge in [0.25, 0.3) is 0 Å². The summed E-state index contributed by atoms with van der Waals surface area (Å²) in [6.45, 7) is 2.01. The van der Waals surface area contributed by atoms with Gasteiger partial charge in [0.1, 0.15) is 5.01 Å². The van der Waals surface area contributed by atoms with Gasteiger partial charge in [0.2, 0.25) is 5.91 Å². The Morgan fingerprint density at radius 1 is 1.24 bits per heavy atom. The first-order chi connectivity index (χ1) is 16.2. The number of nitrogens with one attached hydrogen (secondary N) is 2. The molecule has 1 unspecified atom stereocenters. The Morgan fingerprint density at radius 3 is 2.62 bits per heavy atom. The number of thiazole rings is 1. The van der Waals surface area contributed by atoms with Crippen LogP contribution in [0, 0.1) is 6.07 Å². The summed E-state index contributed by atoms with van der Waals surface area (Å²) in [6.07, 6.45) is 1.26. The summed E-state index contributed by atoms with van der Waals surface area (Å²) >= 11 is 1.47. The number of hydrogen-bond acceptors (Lipinski definition) is 7. The highest BCUT2D eigenvalue weighted by atomic mass is 32.2. The maximum absolute atomic E-state index is 13.0. The largest absolute Gasteiger partial charge is 0.493 e. The zero-order valence-corrected chi connectivity index (χ0v) is 20.6. The third-order valence-electron chi connectivity index (χ3n) is 4.95. The number of carbonyl (C=O) groups excluding carboxylic acids is 1. The number of aromatic nitrogens is 1. The normalized spacial score (nSPS) is 12.1. The molecule has 0 saturated carbocycles. The quantitative estimate of drug-likeness (QED) is 0.342. The summed E-state index contributed by atoms with van der Waals surface area (Å²) in [7, 11) is -1.30. The van der Waals surface area contributed by atoms with Crippen LogP contribution in [0.4, 0.5) is 5.69 Å². The summed E-state index contributed by atoms with van der Waals surface area (Å²) in [5, 5.41) is 5.77. The van der Waals surface area contributed by atoms with Crippen molar-refractivity contribution in [3.05, 3.63) is 69.7 Å². The number of methoxy groups -OCH3 is 2. The van der Waals surface area contributed by atoms with Crippen molar-refractivity contribution in [3.8, 4) is 11.5 Å². The van der Waals surface area contributed by atoms with Gasteiger partial charge >= 0.3 is 10.3 Å². The predicted molar refractivity (Wildman–Crippen MR) is 130 cm³/mol. The molecule has 181 valence electrons. The molecule has 0 aliphatic heterocycles.